The largest absolute Gasteiger partial charge is 0.378 e. The monoisotopic (exact) mass is 268 g/mol. The van der Waals surface area contributed by atoms with Crippen LogP contribution in [0.25, 0.3) is 0 Å². The van der Waals surface area contributed by atoms with Gasteiger partial charge in [0.05, 0.1) is 29.1 Å². The van der Waals surface area contributed by atoms with E-state index in [9.17, 15) is 20.2 Å². The average Bonchev–Trinajstić information content (AvgIpc) is 2.38. The molecule has 1 fully saturated rings. The van der Waals surface area contributed by atoms with E-state index in [1.165, 1.54) is 6.92 Å². The summed E-state index contributed by atoms with van der Waals surface area (Å²) in [5, 5.41) is 21.8. The molecule has 0 saturated carbocycles. The summed E-state index contributed by atoms with van der Waals surface area (Å²) in [6, 6.07) is 0.965. The third kappa shape index (κ3) is 2.60. The van der Waals surface area contributed by atoms with E-state index in [4.69, 9.17) is 4.74 Å². The summed E-state index contributed by atoms with van der Waals surface area (Å²) in [6.07, 6.45) is 0. The number of nitro groups is 2. The first-order valence-electron chi connectivity index (χ1n) is 5.64. The number of nitrogens with zero attached hydrogens (tertiary/aromatic N) is 4. The maximum absolute atomic E-state index is 11.0. The van der Waals surface area contributed by atoms with Gasteiger partial charge in [0.1, 0.15) is 5.69 Å². The molecule has 0 N–H and O–H groups in total. The van der Waals surface area contributed by atoms with Gasteiger partial charge < -0.3 is 9.64 Å². The first-order valence-corrected chi connectivity index (χ1v) is 5.64. The van der Waals surface area contributed by atoms with Crippen LogP contribution in [0.1, 0.15) is 5.69 Å². The van der Waals surface area contributed by atoms with Crippen LogP contribution in [0.3, 0.4) is 0 Å². The number of aromatic nitrogens is 1. The predicted molar refractivity (Wildman–Crippen MR) is 65.3 cm³/mol. The van der Waals surface area contributed by atoms with Crippen LogP contribution in [0.5, 0.6) is 0 Å². The number of rotatable bonds is 3. The lowest BCUT2D eigenvalue weighted by Gasteiger charge is -2.27. The number of hydrogen-bond donors (Lipinski definition) is 0. The van der Waals surface area contributed by atoms with Crippen molar-refractivity contribution >= 4 is 17.2 Å². The molecule has 0 amide bonds. The standard InChI is InChI=1S/C10H12N4O5/c1-7-8(13(15)16)6-9(14(17)18)10(11-7)12-2-4-19-5-3-12/h6H,2-5H2,1H3. The number of pyridine rings is 1. The molecule has 0 radical (unpaired) electrons. The second-order valence-electron chi connectivity index (χ2n) is 4.05. The third-order valence-electron chi connectivity index (χ3n) is 2.85. The molecule has 2 heterocycles. The van der Waals surface area contributed by atoms with E-state index in [1.807, 2.05) is 0 Å². The highest BCUT2D eigenvalue weighted by Crippen LogP contribution is 2.32. The highest BCUT2D eigenvalue weighted by molar-refractivity contribution is 5.63. The normalized spacial score (nSPS) is 15.3. The predicted octanol–water partition coefficient (Wildman–Crippen LogP) is 1.04. The van der Waals surface area contributed by atoms with Crippen molar-refractivity contribution in [3.8, 4) is 0 Å². The van der Waals surface area contributed by atoms with Crippen molar-refractivity contribution in [3.63, 3.8) is 0 Å². The van der Waals surface area contributed by atoms with Crippen LogP contribution in [0, 0.1) is 27.2 Å². The Labute approximate surface area is 108 Å². The molecule has 1 aliphatic rings. The Morgan fingerprint density at radius 1 is 1.21 bits per heavy atom. The minimum absolute atomic E-state index is 0.163. The molecule has 0 spiro atoms. The molecule has 9 nitrogen and oxygen atoms in total. The molecular formula is C10H12N4O5. The molecule has 102 valence electrons. The molecule has 1 aromatic rings. The van der Waals surface area contributed by atoms with Crippen LogP contribution in [0.4, 0.5) is 17.2 Å². The first kappa shape index (κ1) is 13.1. The lowest BCUT2D eigenvalue weighted by atomic mass is 10.2. The molecule has 9 heteroatoms. The molecule has 0 aromatic carbocycles. The van der Waals surface area contributed by atoms with Crippen LogP contribution >= 0.6 is 0 Å². The van der Waals surface area contributed by atoms with Crippen molar-refractivity contribution in [2.24, 2.45) is 0 Å². The van der Waals surface area contributed by atoms with Gasteiger partial charge in [0.2, 0.25) is 5.82 Å². The van der Waals surface area contributed by atoms with Gasteiger partial charge in [-0.05, 0) is 6.92 Å². The Kier molecular flexibility index (Phi) is 3.56. The van der Waals surface area contributed by atoms with Gasteiger partial charge in [0.25, 0.3) is 5.69 Å². The second kappa shape index (κ2) is 5.14. The maximum atomic E-state index is 11.0. The number of hydrogen-bond acceptors (Lipinski definition) is 7. The summed E-state index contributed by atoms with van der Waals surface area (Å²) in [5.74, 6) is 0.163. The van der Waals surface area contributed by atoms with Crippen molar-refractivity contribution in [1.82, 2.24) is 4.98 Å². The Balaban J connectivity index is 2.49. The Hall–Kier alpha value is -2.29. The van der Waals surface area contributed by atoms with Crippen LogP contribution < -0.4 is 4.90 Å². The molecular weight excluding hydrogens is 256 g/mol. The smallest absolute Gasteiger partial charge is 0.318 e. The van der Waals surface area contributed by atoms with Crippen molar-refractivity contribution in [3.05, 3.63) is 32.0 Å². The molecule has 0 aliphatic carbocycles. The SMILES string of the molecule is Cc1nc(N2CCOCC2)c([N+](=O)[O-])cc1[N+](=O)[O-]. The van der Waals surface area contributed by atoms with Crippen LogP contribution in [-0.2, 0) is 4.74 Å². The van der Waals surface area contributed by atoms with E-state index in [0.29, 0.717) is 26.3 Å². The van der Waals surface area contributed by atoms with Crippen molar-refractivity contribution in [1.29, 1.82) is 0 Å². The number of anilines is 1. The summed E-state index contributed by atoms with van der Waals surface area (Å²) in [6.45, 7) is 3.33. The van der Waals surface area contributed by atoms with E-state index in [1.54, 1.807) is 4.90 Å². The molecule has 19 heavy (non-hydrogen) atoms. The van der Waals surface area contributed by atoms with E-state index < -0.39 is 9.85 Å². The molecule has 1 aliphatic heterocycles. The molecule has 0 unspecified atom stereocenters. The highest BCUT2D eigenvalue weighted by Gasteiger charge is 2.28. The van der Waals surface area contributed by atoms with Crippen molar-refractivity contribution < 1.29 is 14.6 Å². The Morgan fingerprint density at radius 2 is 1.79 bits per heavy atom. The number of aryl methyl sites for hydroxylation is 1. The van der Waals surface area contributed by atoms with Gasteiger partial charge in [-0.3, -0.25) is 20.2 Å². The summed E-state index contributed by atoms with van der Waals surface area (Å²) in [7, 11) is 0. The zero-order valence-corrected chi connectivity index (χ0v) is 10.2. The number of ether oxygens (including phenoxy) is 1. The fourth-order valence-corrected chi connectivity index (χ4v) is 1.90. The zero-order valence-electron chi connectivity index (χ0n) is 10.2. The minimum Gasteiger partial charge on any atom is -0.378 e. The van der Waals surface area contributed by atoms with Crippen molar-refractivity contribution in [2.45, 2.75) is 6.92 Å². The van der Waals surface area contributed by atoms with Gasteiger partial charge in [-0.2, -0.15) is 0 Å². The quantitative estimate of drug-likeness (QED) is 0.594. The van der Waals surface area contributed by atoms with E-state index in [2.05, 4.69) is 4.98 Å². The zero-order chi connectivity index (χ0) is 14.0. The minimum atomic E-state index is -0.668. The third-order valence-corrected chi connectivity index (χ3v) is 2.85. The molecule has 0 bridgehead atoms. The van der Waals surface area contributed by atoms with E-state index in [0.717, 1.165) is 6.07 Å². The van der Waals surface area contributed by atoms with Gasteiger partial charge in [-0.25, -0.2) is 4.98 Å². The topological polar surface area (TPSA) is 112 Å². The number of morpholine rings is 1. The fourth-order valence-electron chi connectivity index (χ4n) is 1.90. The van der Waals surface area contributed by atoms with Crippen LogP contribution in [0.2, 0.25) is 0 Å². The molecule has 1 aromatic heterocycles. The molecule has 2 rings (SSSR count). The lowest BCUT2D eigenvalue weighted by Crippen LogP contribution is -2.37. The summed E-state index contributed by atoms with van der Waals surface area (Å²) in [4.78, 5) is 26.2. The fraction of sp³-hybridized carbons (Fsp3) is 0.500. The van der Waals surface area contributed by atoms with Crippen molar-refractivity contribution in [2.75, 3.05) is 31.2 Å². The second-order valence-corrected chi connectivity index (χ2v) is 4.05. The van der Waals surface area contributed by atoms with Gasteiger partial charge in [0.15, 0.2) is 0 Å². The lowest BCUT2D eigenvalue weighted by molar-refractivity contribution is -0.394. The van der Waals surface area contributed by atoms with Gasteiger partial charge in [-0.1, -0.05) is 0 Å². The van der Waals surface area contributed by atoms with Gasteiger partial charge in [0, 0.05) is 13.1 Å². The molecule has 1 saturated heterocycles. The molecule has 0 atom stereocenters. The first-order chi connectivity index (χ1) is 9.00. The maximum Gasteiger partial charge on any atom is 0.318 e. The van der Waals surface area contributed by atoms with E-state index >= 15 is 0 Å². The van der Waals surface area contributed by atoms with Gasteiger partial charge >= 0.3 is 5.69 Å². The highest BCUT2D eigenvalue weighted by atomic mass is 16.6. The van der Waals surface area contributed by atoms with Crippen LogP contribution in [-0.4, -0.2) is 41.1 Å². The van der Waals surface area contributed by atoms with Crippen LogP contribution in [0.15, 0.2) is 6.07 Å². The summed E-state index contributed by atoms with van der Waals surface area (Å²) < 4.78 is 5.17. The Morgan fingerprint density at radius 3 is 2.32 bits per heavy atom. The Bertz CT molecular complexity index is 527. The average molecular weight is 268 g/mol. The summed E-state index contributed by atoms with van der Waals surface area (Å²) >= 11 is 0. The summed E-state index contributed by atoms with van der Waals surface area (Å²) in [5.41, 5.74) is -0.528. The van der Waals surface area contributed by atoms with E-state index in [-0.39, 0.29) is 22.9 Å². The van der Waals surface area contributed by atoms with Gasteiger partial charge in [-0.15, -0.1) is 0 Å².